The van der Waals surface area contributed by atoms with E-state index in [-0.39, 0.29) is 12.3 Å². The molecule has 0 bridgehead atoms. The van der Waals surface area contributed by atoms with Gasteiger partial charge in [-0.1, -0.05) is 23.2 Å². The molecule has 0 fully saturated rings. The molecule has 21 heavy (non-hydrogen) atoms. The van der Waals surface area contributed by atoms with Crippen LogP contribution in [0.5, 0.6) is 0 Å². The highest BCUT2D eigenvalue weighted by Gasteiger charge is 2.17. The molecular weight excluding hydrogens is 315 g/mol. The minimum Gasteiger partial charge on any atom is -0.476 e. The van der Waals surface area contributed by atoms with E-state index in [4.69, 9.17) is 28.3 Å². The number of hydrogen-bond acceptors (Lipinski definition) is 3. The van der Waals surface area contributed by atoms with Crippen LogP contribution in [-0.4, -0.2) is 32.6 Å². The zero-order valence-corrected chi connectivity index (χ0v) is 12.8. The number of hydrogen-bond donors (Lipinski definition) is 2. The third-order valence-electron chi connectivity index (χ3n) is 3.07. The second kappa shape index (κ2) is 6.47. The quantitative estimate of drug-likeness (QED) is 0.884. The van der Waals surface area contributed by atoms with E-state index < -0.39 is 5.97 Å². The molecule has 0 saturated heterocycles. The lowest BCUT2D eigenvalue weighted by Crippen LogP contribution is -2.03. The van der Waals surface area contributed by atoms with Gasteiger partial charge in [0.2, 0.25) is 0 Å². The van der Waals surface area contributed by atoms with E-state index in [1.807, 2.05) is 6.92 Å². The molecule has 112 valence electrons. The van der Waals surface area contributed by atoms with Crippen molar-refractivity contribution < 1.29 is 15.0 Å². The van der Waals surface area contributed by atoms with E-state index in [0.29, 0.717) is 34.1 Å². The molecule has 0 atom stereocenters. The molecule has 1 aromatic heterocycles. The topological polar surface area (TPSA) is 75.4 Å². The molecule has 0 aliphatic heterocycles. The average molecular weight is 329 g/mol. The maximum absolute atomic E-state index is 11.2. The van der Waals surface area contributed by atoms with Crippen molar-refractivity contribution in [2.24, 2.45) is 0 Å². The average Bonchev–Trinajstić information content (AvgIpc) is 2.84. The first-order valence-corrected chi connectivity index (χ1v) is 7.08. The van der Waals surface area contributed by atoms with E-state index in [1.165, 1.54) is 4.68 Å². The summed E-state index contributed by atoms with van der Waals surface area (Å²) in [5.41, 5.74) is 1.85. The fraction of sp³-hybridized carbons (Fsp3) is 0.286. The Balaban J connectivity index is 2.49. The number of halogens is 2. The number of nitrogens with zero attached hydrogens (tertiary/aromatic N) is 2. The van der Waals surface area contributed by atoms with Crippen molar-refractivity contribution in [3.05, 3.63) is 45.2 Å². The fourth-order valence-electron chi connectivity index (χ4n) is 1.98. The largest absolute Gasteiger partial charge is 0.476 e. The first kappa shape index (κ1) is 15.8. The summed E-state index contributed by atoms with van der Waals surface area (Å²) in [6.07, 6.45) is 2.50. The van der Waals surface area contributed by atoms with Gasteiger partial charge in [-0.2, -0.15) is 5.10 Å². The molecule has 0 amide bonds. The van der Waals surface area contributed by atoms with Crippen LogP contribution in [0.4, 0.5) is 0 Å². The third kappa shape index (κ3) is 3.37. The van der Waals surface area contributed by atoms with Crippen LogP contribution in [-0.2, 0) is 6.42 Å². The van der Waals surface area contributed by atoms with Crippen LogP contribution in [0.1, 0.15) is 28.0 Å². The Morgan fingerprint density at radius 2 is 2.05 bits per heavy atom. The van der Waals surface area contributed by atoms with E-state index in [1.54, 1.807) is 18.3 Å². The summed E-state index contributed by atoms with van der Waals surface area (Å²) in [5, 5.41) is 23.1. The van der Waals surface area contributed by atoms with Gasteiger partial charge in [-0.05, 0) is 37.5 Å². The number of carboxylic acid groups (broad SMARTS) is 1. The lowest BCUT2D eigenvalue weighted by Gasteiger charge is -2.07. The van der Waals surface area contributed by atoms with Gasteiger partial charge < -0.3 is 10.2 Å². The Morgan fingerprint density at radius 3 is 2.67 bits per heavy atom. The van der Waals surface area contributed by atoms with E-state index in [0.717, 1.165) is 5.56 Å². The standard InChI is InChI=1S/C14H14Cl2N2O3/c1-8-5-11(16)12(6-10(8)15)18-7-9(3-2-4-19)13(17-18)14(20)21/h5-7,19H,2-4H2,1H3,(H,20,21). The molecular formula is C14H14Cl2N2O3. The number of aromatic carboxylic acids is 1. The SMILES string of the molecule is Cc1cc(Cl)c(-n2cc(CCCO)c(C(=O)O)n2)cc1Cl. The van der Waals surface area contributed by atoms with Crippen LogP contribution in [0.2, 0.25) is 10.0 Å². The fourth-order valence-corrected chi connectivity index (χ4v) is 2.44. The summed E-state index contributed by atoms with van der Waals surface area (Å²) >= 11 is 12.3. The van der Waals surface area contributed by atoms with Crippen molar-refractivity contribution in [1.82, 2.24) is 9.78 Å². The number of aryl methyl sites for hydroxylation is 2. The van der Waals surface area contributed by atoms with Crippen LogP contribution in [0.25, 0.3) is 5.69 Å². The van der Waals surface area contributed by atoms with Crippen LogP contribution >= 0.6 is 23.2 Å². The summed E-state index contributed by atoms with van der Waals surface area (Å²) in [5.74, 6) is -1.11. The predicted octanol–water partition coefficient (Wildman–Crippen LogP) is 3.11. The highest BCUT2D eigenvalue weighted by molar-refractivity contribution is 6.35. The molecule has 2 rings (SSSR count). The predicted molar refractivity (Wildman–Crippen MR) is 80.7 cm³/mol. The lowest BCUT2D eigenvalue weighted by molar-refractivity contribution is 0.0688. The number of aliphatic hydroxyl groups is 1. The molecule has 2 aromatic rings. The maximum atomic E-state index is 11.2. The molecule has 0 saturated carbocycles. The van der Waals surface area contributed by atoms with Crippen LogP contribution in [0.15, 0.2) is 18.3 Å². The molecule has 2 N–H and O–H groups in total. The Morgan fingerprint density at radius 1 is 1.33 bits per heavy atom. The Labute approximate surface area is 131 Å². The molecule has 0 aliphatic carbocycles. The third-order valence-corrected chi connectivity index (χ3v) is 3.78. The smallest absolute Gasteiger partial charge is 0.356 e. The first-order chi connectivity index (χ1) is 9.93. The monoisotopic (exact) mass is 328 g/mol. The second-order valence-corrected chi connectivity index (χ2v) is 5.45. The highest BCUT2D eigenvalue weighted by atomic mass is 35.5. The van der Waals surface area contributed by atoms with Gasteiger partial charge in [0.25, 0.3) is 0 Å². The zero-order valence-electron chi connectivity index (χ0n) is 11.3. The van der Waals surface area contributed by atoms with Crippen molar-refractivity contribution in [2.75, 3.05) is 6.61 Å². The van der Waals surface area contributed by atoms with Gasteiger partial charge in [0.15, 0.2) is 5.69 Å². The number of aromatic nitrogens is 2. The summed E-state index contributed by atoms with van der Waals surface area (Å²) in [4.78, 5) is 11.2. The van der Waals surface area contributed by atoms with E-state index >= 15 is 0 Å². The van der Waals surface area contributed by atoms with Crippen LogP contribution in [0.3, 0.4) is 0 Å². The summed E-state index contributed by atoms with van der Waals surface area (Å²) in [7, 11) is 0. The normalized spacial score (nSPS) is 10.9. The van der Waals surface area contributed by atoms with Gasteiger partial charge in [0.1, 0.15) is 0 Å². The first-order valence-electron chi connectivity index (χ1n) is 6.32. The second-order valence-electron chi connectivity index (χ2n) is 4.63. The van der Waals surface area contributed by atoms with Crippen molar-refractivity contribution in [2.45, 2.75) is 19.8 Å². The molecule has 0 aliphatic rings. The molecule has 1 heterocycles. The Kier molecular flexibility index (Phi) is 4.88. The van der Waals surface area contributed by atoms with Gasteiger partial charge in [-0.15, -0.1) is 0 Å². The zero-order chi connectivity index (χ0) is 15.6. The van der Waals surface area contributed by atoms with Crippen molar-refractivity contribution >= 4 is 29.2 Å². The summed E-state index contributed by atoms with van der Waals surface area (Å²) < 4.78 is 1.41. The van der Waals surface area contributed by atoms with Crippen molar-refractivity contribution in [3.8, 4) is 5.69 Å². The molecule has 0 spiro atoms. The van der Waals surface area contributed by atoms with Crippen LogP contribution in [0, 0.1) is 6.92 Å². The summed E-state index contributed by atoms with van der Waals surface area (Å²) in [6.45, 7) is 1.82. The maximum Gasteiger partial charge on any atom is 0.356 e. The van der Waals surface area contributed by atoms with Crippen molar-refractivity contribution in [1.29, 1.82) is 0 Å². The number of benzene rings is 1. The van der Waals surface area contributed by atoms with E-state index in [2.05, 4.69) is 5.10 Å². The Bertz CT molecular complexity index is 683. The number of carbonyl (C=O) groups is 1. The number of rotatable bonds is 5. The molecule has 1 aromatic carbocycles. The van der Waals surface area contributed by atoms with Crippen molar-refractivity contribution in [3.63, 3.8) is 0 Å². The summed E-state index contributed by atoms with van der Waals surface area (Å²) in [6, 6.07) is 3.35. The van der Waals surface area contributed by atoms with Gasteiger partial charge in [-0.3, -0.25) is 0 Å². The van der Waals surface area contributed by atoms with Crippen LogP contribution < -0.4 is 0 Å². The van der Waals surface area contributed by atoms with Gasteiger partial charge in [0, 0.05) is 23.4 Å². The number of aliphatic hydroxyl groups excluding tert-OH is 1. The van der Waals surface area contributed by atoms with Gasteiger partial charge in [0.05, 0.1) is 10.7 Å². The Hall–Kier alpha value is -1.56. The van der Waals surface area contributed by atoms with E-state index in [9.17, 15) is 9.90 Å². The molecule has 0 radical (unpaired) electrons. The number of carboxylic acids is 1. The molecule has 5 nitrogen and oxygen atoms in total. The molecule has 7 heteroatoms. The van der Waals surface area contributed by atoms with Gasteiger partial charge in [-0.25, -0.2) is 9.48 Å². The van der Waals surface area contributed by atoms with Gasteiger partial charge >= 0.3 is 5.97 Å². The molecule has 0 unspecified atom stereocenters. The lowest BCUT2D eigenvalue weighted by atomic mass is 10.1. The minimum absolute atomic E-state index is 0.0125. The highest BCUT2D eigenvalue weighted by Crippen LogP contribution is 2.28. The minimum atomic E-state index is -1.11.